The number of sulfonamides is 1. The molecule has 0 saturated heterocycles. The van der Waals surface area contributed by atoms with Crippen molar-refractivity contribution in [3.63, 3.8) is 0 Å². The van der Waals surface area contributed by atoms with Crippen LogP contribution < -0.4 is 11.1 Å². The predicted molar refractivity (Wildman–Crippen MR) is 113 cm³/mol. The molecule has 31 heavy (non-hydrogen) atoms. The molecule has 0 aliphatic rings. The first-order valence-electron chi connectivity index (χ1n) is 9.31. The molecule has 2 atom stereocenters. The summed E-state index contributed by atoms with van der Waals surface area (Å²) < 4.78 is 38.7. The van der Waals surface area contributed by atoms with Crippen LogP contribution in [0.3, 0.4) is 0 Å². The van der Waals surface area contributed by atoms with E-state index in [2.05, 4.69) is 5.32 Å². The van der Waals surface area contributed by atoms with Crippen LogP contribution in [-0.2, 0) is 26.2 Å². The van der Waals surface area contributed by atoms with Gasteiger partial charge in [-0.15, -0.1) is 0 Å². The van der Waals surface area contributed by atoms with Gasteiger partial charge in [0.15, 0.2) is 0 Å². The van der Waals surface area contributed by atoms with Crippen LogP contribution in [0.15, 0.2) is 48.5 Å². The molecular formula is C21H23FN4O4S. The number of nitrogens with zero attached hydrogens (tertiary/aromatic N) is 2. The molecule has 0 bridgehead atoms. The Morgan fingerprint density at radius 2 is 1.65 bits per heavy atom. The minimum absolute atomic E-state index is 0.0792. The maximum atomic E-state index is 13.1. The highest BCUT2D eigenvalue weighted by Gasteiger charge is 2.30. The molecule has 0 aliphatic heterocycles. The topological polar surface area (TPSA) is 133 Å². The summed E-state index contributed by atoms with van der Waals surface area (Å²) in [5.41, 5.74) is 7.30. The fraction of sp³-hybridized carbons (Fsp3) is 0.286. The quantitative estimate of drug-likeness (QED) is 0.603. The van der Waals surface area contributed by atoms with Gasteiger partial charge >= 0.3 is 0 Å². The van der Waals surface area contributed by atoms with E-state index in [4.69, 9.17) is 11.0 Å². The molecule has 3 N–H and O–H groups in total. The number of primary amides is 1. The second-order valence-electron chi connectivity index (χ2n) is 7.05. The van der Waals surface area contributed by atoms with Gasteiger partial charge in [0.2, 0.25) is 21.8 Å². The SMILES string of the molecule is C[C@H](C(=O)N[C@H](C#N)CC(N)=O)N(Cc1ccc(-c2ccc(F)cc2)cc1)S(C)(=O)=O. The minimum atomic E-state index is -3.78. The number of halogens is 1. The summed E-state index contributed by atoms with van der Waals surface area (Å²) in [5.74, 6) is -1.83. The number of amides is 2. The van der Waals surface area contributed by atoms with Crippen LogP contribution >= 0.6 is 0 Å². The summed E-state index contributed by atoms with van der Waals surface area (Å²) in [7, 11) is -3.78. The van der Waals surface area contributed by atoms with Gasteiger partial charge in [0.05, 0.1) is 18.7 Å². The zero-order valence-electron chi connectivity index (χ0n) is 17.1. The van der Waals surface area contributed by atoms with Gasteiger partial charge in [0.25, 0.3) is 0 Å². The number of hydrogen-bond acceptors (Lipinski definition) is 5. The van der Waals surface area contributed by atoms with Gasteiger partial charge in [-0.05, 0) is 35.7 Å². The van der Waals surface area contributed by atoms with E-state index in [1.54, 1.807) is 42.5 Å². The molecule has 0 spiro atoms. The third-order valence-corrected chi connectivity index (χ3v) is 5.88. The van der Waals surface area contributed by atoms with Crippen molar-refractivity contribution in [1.29, 1.82) is 5.26 Å². The fourth-order valence-electron chi connectivity index (χ4n) is 2.92. The van der Waals surface area contributed by atoms with Gasteiger partial charge in [-0.1, -0.05) is 36.4 Å². The lowest BCUT2D eigenvalue weighted by Gasteiger charge is -2.27. The van der Waals surface area contributed by atoms with E-state index in [0.29, 0.717) is 5.56 Å². The summed E-state index contributed by atoms with van der Waals surface area (Å²) in [6, 6.07) is 12.4. The Hall–Kier alpha value is -3.29. The Kier molecular flexibility index (Phi) is 7.85. The summed E-state index contributed by atoms with van der Waals surface area (Å²) in [6.07, 6.45) is 0.605. The van der Waals surface area contributed by atoms with Crippen molar-refractivity contribution in [2.24, 2.45) is 5.73 Å². The highest BCUT2D eigenvalue weighted by Crippen LogP contribution is 2.21. The second-order valence-corrected chi connectivity index (χ2v) is 8.98. The highest BCUT2D eigenvalue weighted by atomic mass is 32.2. The lowest BCUT2D eigenvalue weighted by molar-refractivity contribution is -0.125. The number of carbonyl (C=O) groups is 2. The average Bonchev–Trinajstić information content (AvgIpc) is 2.70. The van der Waals surface area contributed by atoms with Gasteiger partial charge in [0, 0.05) is 6.54 Å². The van der Waals surface area contributed by atoms with Gasteiger partial charge in [0.1, 0.15) is 17.9 Å². The fourth-order valence-corrected chi connectivity index (χ4v) is 3.97. The Morgan fingerprint density at radius 1 is 1.13 bits per heavy atom. The van der Waals surface area contributed by atoms with Crippen LogP contribution in [0.2, 0.25) is 0 Å². The number of hydrogen-bond donors (Lipinski definition) is 2. The second kappa shape index (κ2) is 10.1. The molecule has 0 heterocycles. The Bertz CT molecular complexity index is 1080. The molecule has 2 aromatic rings. The standard InChI is InChI=1S/C21H23FN4O4S/c1-14(21(28)25-19(12-23)11-20(24)27)26(31(2,29)30)13-15-3-5-16(6-4-15)17-7-9-18(22)10-8-17/h3-10,14,19H,11,13H2,1-2H3,(H2,24,27)(H,25,28)/t14-,19+/m1/s1. The maximum absolute atomic E-state index is 13.1. The number of benzene rings is 2. The normalized spacial score (nSPS) is 13.3. The van der Waals surface area contributed by atoms with E-state index >= 15 is 0 Å². The van der Waals surface area contributed by atoms with E-state index in [0.717, 1.165) is 21.7 Å². The van der Waals surface area contributed by atoms with E-state index in [-0.39, 0.29) is 18.8 Å². The van der Waals surface area contributed by atoms with Crippen molar-refractivity contribution < 1.29 is 22.4 Å². The largest absolute Gasteiger partial charge is 0.370 e. The lowest BCUT2D eigenvalue weighted by Crippen LogP contribution is -2.50. The van der Waals surface area contributed by atoms with Crippen LogP contribution in [0.25, 0.3) is 11.1 Å². The molecule has 8 nitrogen and oxygen atoms in total. The van der Waals surface area contributed by atoms with Crippen LogP contribution in [0.4, 0.5) is 4.39 Å². The molecule has 0 aliphatic carbocycles. The molecule has 0 aromatic heterocycles. The molecule has 0 radical (unpaired) electrons. The first-order valence-corrected chi connectivity index (χ1v) is 11.2. The number of nitrogens with one attached hydrogen (secondary N) is 1. The molecule has 2 amide bonds. The zero-order valence-corrected chi connectivity index (χ0v) is 17.9. The summed E-state index contributed by atoms with van der Waals surface area (Å²) in [6.45, 7) is 1.31. The van der Waals surface area contributed by atoms with E-state index in [1.807, 2.05) is 0 Å². The third-order valence-electron chi connectivity index (χ3n) is 4.58. The van der Waals surface area contributed by atoms with Crippen molar-refractivity contribution in [3.8, 4) is 17.2 Å². The van der Waals surface area contributed by atoms with Gasteiger partial charge in [-0.3, -0.25) is 9.59 Å². The van der Waals surface area contributed by atoms with Gasteiger partial charge in [-0.25, -0.2) is 12.8 Å². The number of carbonyl (C=O) groups excluding carboxylic acids is 2. The van der Waals surface area contributed by atoms with Gasteiger partial charge < -0.3 is 11.1 Å². The lowest BCUT2D eigenvalue weighted by atomic mass is 10.0. The zero-order chi connectivity index (χ0) is 23.2. The van der Waals surface area contributed by atoms with Crippen LogP contribution in [0.1, 0.15) is 18.9 Å². The molecule has 2 aromatic carbocycles. The molecule has 0 unspecified atom stereocenters. The number of nitrogens with two attached hydrogens (primary N) is 1. The van der Waals surface area contributed by atoms with Gasteiger partial charge in [-0.2, -0.15) is 9.57 Å². The number of rotatable bonds is 9. The molecule has 2 rings (SSSR count). The van der Waals surface area contributed by atoms with Crippen molar-refractivity contribution in [1.82, 2.24) is 9.62 Å². The van der Waals surface area contributed by atoms with Crippen LogP contribution in [0.5, 0.6) is 0 Å². The third kappa shape index (κ3) is 6.87. The monoisotopic (exact) mass is 446 g/mol. The van der Waals surface area contributed by atoms with E-state index in [1.165, 1.54) is 19.1 Å². The van der Waals surface area contributed by atoms with E-state index < -0.39 is 33.9 Å². The Morgan fingerprint density at radius 3 is 2.10 bits per heavy atom. The summed E-state index contributed by atoms with van der Waals surface area (Å²) >= 11 is 0. The predicted octanol–water partition coefficient (Wildman–Crippen LogP) is 1.53. The molecule has 0 fully saturated rings. The summed E-state index contributed by atoms with van der Waals surface area (Å²) in [4.78, 5) is 23.5. The maximum Gasteiger partial charge on any atom is 0.239 e. The van der Waals surface area contributed by atoms with E-state index in [9.17, 15) is 22.4 Å². The molecule has 0 saturated carbocycles. The molecule has 164 valence electrons. The van der Waals surface area contributed by atoms with Crippen LogP contribution in [-0.4, -0.2) is 42.9 Å². The van der Waals surface area contributed by atoms with Crippen LogP contribution in [0, 0.1) is 17.1 Å². The first-order chi connectivity index (χ1) is 14.5. The highest BCUT2D eigenvalue weighted by molar-refractivity contribution is 7.88. The average molecular weight is 447 g/mol. The molecule has 10 heteroatoms. The van der Waals surface area contributed by atoms with Crippen molar-refractivity contribution in [2.75, 3.05) is 6.26 Å². The summed E-state index contributed by atoms with van der Waals surface area (Å²) in [5, 5.41) is 11.4. The first kappa shape index (κ1) is 24.0. The minimum Gasteiger partial charge on any atom is -0.370 e. The smallest absolute Gasteiger partial charge is 0.239 e. The van der Waals surface area contributed by atoms with Crippen molar-refractivity contribution in [3.05, 3.63) is 59.9 Å². The molecular weight excluding hydrogens is 423 g/mol. The van der Waals surface area contributed by atoms with Crippen molar-refractivity contribution >= 4 is 21.8 Å². The Labute approximate surface area is 180 Å². The Balaban J connectivity index is 2.17. The van der Waals surface area contributed by atoms with Crippen molar-refractivity contribution in [2.45, 2.75) is 32.0 Å². The number of nitriles is 1.